The van der Waals surface area contributed by atoms with Crippen molar-refractivity contribution in [3.63, 3.8) is 0 Å². The average molecular weight is 589 g/mol. The van der Waals surface area contributed by atoms with Gasteiger partial charge in [-0.2, -0.15) is 5.10 Å². The molecule has 44 heavy (non-hydrogen) atoms. The number of nitrogens with one attached hydrogen (secondary N) is 2. The van der Waals surface area contributed by atoms with E-state index in [1.807, 2.05) is 79.7 Å². The van der Waals surface area contributed by atoms with Crippen molar-refractivity contribution in [2.45, 2.75) is 32.4 Å². The van der Waals surface area contributed by atoms with Gasteiger partial charge in [0.15, 0.2) is 0 Å². The molecule has 3 aromatic carbocycles. The standard InChI is InChI=1S/C34H32N6O4/c1-2-40-33(42)31(37-29-13-5-12-28-27(29)11-6-16-35-28)21-30(38-40)24-9-3-7-22(19-24)23-8-4-10-25(20-23)32(41)36-26-14-17-39(18-15-26)34(43)44/h3-13,16,19-21,26,37H,2,14-15,17-18H2,1H3,(H,36,41)(H,43,44). The van der Waals surface area contributed by atoms with E-state index >= 15 is 0 Å². The van der Waals surface area contributed by atoms with Crippen molar-refractivity contribution in [1.82, 2.24) is 25.0 Å². The van der Waals surface area contributed by atoms with Gasteiger partial charge in [0.2, 0.25) is 0 Å². The van der Waals surface area contributed by atoms with Gasteiger partial charge in [-0.15, -0.1) is 0 Å². The van der Waals surface area contributed by atoms with Crippen molar-refractivity contribution in [2.75, 3.05) is 18.4 Å². The second-order valence-electron chi connectivity index (χ2n) is 10.7. The van der Waals surface area contributed by atoms with Crippen LogP contribution in [-0.4, -0.2) is 55.9 Å². The highest BCUT2D eigenvalue weighted by Crippen LogP contribution is 2.29. The Labute approximate surface area is 254 Å². The second kappa shape index (κ2) is 12.4. The van der Waals surface area contributed by atoms with Gasteiger partial charge >= 0.3 is 6.09 Å². The minimum atomic E-state index is -0.928. The molecule has 0 spiro atoms. The van der Waals surface area contributed by atoms with Crippen LogP contribution in [0.25, 0.3) is 33.3 Å². The Balaban J connectivity index is 1.26. The lowest BCUT2D eigenvalue weighted by molar-refractivity contribution is 0.0907. The predicted octanol–water partition coefficient (Wildman–Crippen LogP) is 5.76. The number of piperidine rings is 1. The maximum absolute atomic E-state index is 13.3. The van der Waals surface area contributed by atoms with Crippen LogP contribution in [0.3, 0.4) is 0 Å². The summed E-state index contributed by atoms with van der Waals surface area (Å²) >= 11 is 0. The molecule has 3 N–H and O–H groups in total. The Bertz CT molecular complexity index is 1910. The summed E-state index contributed by atoms with van der Waals surface area (Å²) in [6.07, 6.45) is 1.98. The number of aromatic nitrogens is 3. The molecule has 0 radical (unpaired) electrons. The molecule has 1 saturated heterocycles. The van der Waals surface area contributed by atoms with E-state index < -0.39 is 6.09 Å². The number of rotatable bonds is 7. The van der Waals surface area contributed by atoms with Crippen LogP contribution >= 0.6 is 0 Å². The van der Waals surface area contributed by atoms with Crippen molar-refractivity contribution in [2.24, 2.45) is 0 Å². The maximum Gasteiger partial charge on any atom is 0.407 e. The first-order valence-corrected chi connectivity index (χ1v) is 14.6. The molecule has 10 heteroatoms. The summed E-state index contributed by atoms with van der Waals surface area (Å²) < 4.78 is 1.44. The number of pyridine rings is 1. The van der Waals surface area contributed by atoms with Gasteiger partial charge < -0.3 is 20.6 Å². The fraction of sp³-hybridized carbons (Fsp3) is 0.206. The van der Waals surface area contributed by atoms with Gasteiger partial charge in [0.1, 0.15) is 5.69 Å². The monoisotopic (exact) mass is 588 g/mol. The van der Waals surface area contributed by atoms with Crippen molar-refractivity contribution in [3.05, 3.63) is 107 Å². The van der Waals surface area contributed by atoms with Gasteiger partial charge in [0, 0.05) is 54.1 Å². The Kier molecular flexibility index (Phi) is 8.05. The molecule has 10 nitrogen and oxygen atoms in total. The molecule has 5 aromatic rings. The average Bonchev–Trinajstić information content (AvgIpc) is 3.06. The van der Waals surface area contributed by atoms with Crippen LogP contribution in [0, 0.1) is 0 Å². The number of carboxylic acid groups (broad SMARTS) is 1. The lowest BCUT2D eigenvalue weighted by Crippen LogP contribution is -2.46. The number of hydrogen-bond acceptors (Lipinski definition) is 6. The second-order valence-corrected chi connectivity index (χ2v) is 10.7. The minimum absolute atomic E-state index is 0.0710. The third-order valence-electron chi connectivity index (χ3n) is 7.91. The molecule has 0 saturated carbocycles. The molecule has 3 heterocycles. The summed E-state index contributed by atoms with van der Waals surface area (Å²) in [5, 5.41) is 21.1. The zero-order chi connectivity index (χ0) is 30.6. The minimum Gasteiger partial charge on any atom is -0.465 e. The summed E-state index contributed by atoms with van der Waals surface area (Å²) in [4.78, 5) is 43.3. The topological polar surface area (TPSA) is 129 Å². The first-order chi connectivity index (χ1) is 21.4. The Morgan fingerprint density at radius 2 is 1.61 bits per heavy atom. The molecule has 222 valence electrons. The van der Waals surface area contributed by atoms with E-state index in [2.05, 4.69) is 20.7 Å². The van der Waals surface area contributed by atoms with Crippen LogP contribution in [0.2, 0.25) is 0 Å². The van der Waals surface area contributed by atoms with Gasteiger partial charge in [-0.25, -0.2) is 9.48 Å². The number of carbonyl (C=O) groups is 2. The quantitative estimate of drug-likeness (QED) is 0.220. The van der Waals surface area contributed by atoms with Gasteiger partial charge in [-0.1, -0.05) is 36.4 Å². The largest absolute Gasteiger partial charge is 0.465 e. The number of amides is 2. The van der Waals surface area contributed by atoms with Crippen LogP contribution in [0.1, 0.15) is 30.1 Å². The summed E-state index contributed by atoms with van der Waals surface area (Å²) in [5.41, 5.74) is 5.55. The third kappa shape index (κ3) is 6.00. The molecule has 2 aromatic heterocycles. The molecular formula is C34H32N6O4. The van der Waals surface area contributed by atoms with E-state index in [4.69, 9.17) is 0 Å². The van der Waals surface area contributed by atoms with Crippen molar-refractivity contribution >= 4 is 34.3 Å². The summed E-state index contributed by atoms with van der Waals surface area (Å²) in [7, 11) is 0. The number of likely N-dealkylation sites (tertiary alicyclic amines) is 1. The number of benzene rings is 3. The predicted molar refractivity (Wildman–Crippen MR) is 170 cm³/mol. The normalized spacial score (nSPS) is 13.5. The molecule has 1 aliphatic heterocycles. The van der Waals surface area contributed by atoms with Crippen LogP contribution < -0.4 is 16.2 Å². The molecule has 0 aliphatic carbocycles. The van der Waals surface area contributed by atoms with E-state index in [0.29, 0.717) is 49.4 Å². The van der Waals surface area contributed by atoms with Crippen LogP contribution in [0.5, 0.6) is 0 Å². The van der Waals surface area contributed by atoms with E-state index in [1.165, 1.54) is 9.58 Å². The van der Waals surface area contributed by atoms with Crippen LogP contribution in [0.15, 0.2) is 95.9 Å². The third-order valence-corrected chi connectivity index (χ3v) is 7.91. The van der Waals surface area contributed by atoms with Crippen LogP contribution in [-0.2, 0) is 6.54 Å². The fourth-order valence-corrected chi connectivity index (χ4v) is 5.53. The molecule has 0 atom stereocenters. The van der Waals surface area contributed by atoms with E-state index in [9.17, 15) is 19.5 Å². The highest BCUT2D eigenvalue weighted by molar-refractivity contribution is 5.96. The first-order valence-electron chi connectivity index (χ1n) is 14.6. The van der Waals surface area contributed by atoms with Gasteiger partial charge in [-0.3, -0.25) is 14.6 Å². The van der Waals surface area contributed by atoms with E-state index in [-0.39, 0.29) is 17.5 Å². The number of fused-ring (bicyclic) bond motifs is 1. The highest BCUT2D eigenvalue weighted by Gasteiger charge is 2.24. The summed E-state index contributed by atoms with van der Waals surface area (Å²) in [6, 6.07) is 26.5. The zero-order valence-electron chi connectivity index (χ0n) is 24.2. The van der Waals surface area contributed by atoms with Crippen LogP contribution in [0.4, 0.5) is 16.2 Å². The molecule has 2 amide bonds. The van der Waals surface area contributed by atoms with Crippen molar-refractivity contribution < 1.29 is 14.7 Å². The number of nitrogens with zero attached hydrogens (tertiary/aromatic N) is 4. The molecule has 0 unspecified atom stereocenters. The smallest absolute Gasteiger partial charge is 0.407 e. The van der Waals surface area contributed by atoms with Crippen molar-refractivity contribution in [1.29, 1.82) is 0 Å². The Morgan fingerprint density at radius 1 is 0.886 bits per heavy atom. The lowest BCUT2D eigenvalue weighted by atomic mass is 9.99. The molecule has 6 rings (SSSR count). The van der Waals surface area contributed by atoms with E-state index in [1.54, 1.807) is 18.3 Å². The Morgan fingerprint density at radius 3 is 2.39 bits per heavy atom. The highest BCUT2D eigenvalue weighted by atomic mass is 16.4. The molecule has 0 bridgehead atoms. The van der Waals surface area contributed by atoms with Crippen molar-refractivity contribution in [3.8, 4) is 22.4 Å². The number of carbonyl (C=O) groups excluding carboxylic acids is 1. The SMILES string of the molecule is CCn1nc(-c2cccc(-c3cccc(C(=O)NC4CCN(C(=O)O)CC4)c3)c2)cc(Nc2cccc3ncccc23)c1=O. The Hall–Kier alpha value is -5.51. The number of anilines is 2. The summed E-state index contributed by atoms with van der Waals surface area (Å²) in [5.74, 6) is -0.187. The molecular weight excluding hydrogens is 556 g/mol. The lowest BCUT2D eigenvalue weighted by Gasteiger charge is -2.30. The van der Waals surface area contributed by atoms with Gasteiger partial charge in [0.25, 0.3) is 11.5 Å². The summed E-state index contributed by atoms with van der Waals surface area (Å²) in [6.45, 7) is 3.10. The number of aryl methyl sites for hydroxylation is 1. The van der Waals surface area contributed by atoms with Gasteiger partial charge in [0.05, 0.1) is 11.2 Å². The van der Waals surface area contributed by atoms with E-state index in [0.717, 1.165) is 33.3 Å². The zero-order valence-corrected chi connectivity index (χ0v) is 24.2. The fourth-order valence-electron chi connectivity index (χ4n) is 5.53. The number of hydrogen-bond donors (Lipinski definition) is 3. The maximum atomic E-state index is 13.3. The molecule has 1 fully saturated rings. The first kappa shape index (κ1) is 28.6. The molecule has 1 aliphatic rings. The van der Waals surface area contributed by atoms with Gasteiger partial charge in [-0.05, 0) is 79.4 Å².